The van der Waals surface area contributed by atoms with Crippen LogP contribution in [0.1, 0.15) is 47.2 Å². The van der Waals surface area contributed by atoms with E-state index >= 15 is 0 Å². The van der Waals surface area contributed by atoms with Crippen LogP contribution in [0.25, 0.3) is 0 Å². The molecule has 0 radical (unpaired) electrons. The molecule has 0 aromatic heterocycles. The highest BCUT2D eigenvalue weighted by Crippen LogP contribution is 2.34. The highest BCUT2D eigenvalue weighted by atomic mass is 32.2. The minimum absolute atomic E-state index is 0.00417. The van der Waals surface area contributed by atoms with Crippen LogP contribution in [0.2, 0.25) is 0 Å². The number of fused-ring (bicyclic) bond motifs is 1. The molecule has 0 aliphatic carbocycles. The van der Waals surface area contributed by atoms with Gasteiger partial charge in [-0.05, 0) is 36.2 Å². The maximum absolute atomic E-state index is 14.7. The smallest absolute Gasteiger partial charge is 0.255 e. The van der Waals surface area contributed by atoms with Crippen LogP contribution < -0.4 is 20.7 Å². The lowest BCUT2D eigenvalue weighted by atomic mass is 9.87. The molecule has 6 rings (SSSR count). The third-order valence-corrected chi connectivity index (χ3v) is 10.7. The second-order valence-corrected chi connectivity index (χ2v) is 13.9. The number of nitrogens with zero attached hydrogens (tertiary/aromatic N) is 2. The molecule has 4 aliphatic heterocycles. The number of piperidine rings is 2. The monoisotopic (exact) mass is 669 g/mol. The number of hydrogen-bond donors (Lipinski definition) is 3. The Bertz CT molecular complexity index is 1790. The highest BCUT2D eigenvalue weighted by Gasteiger charge is 2.43. The molecule has 3 atom stereocenters. The molecule has 2 aromatic rings. The first-order valence-electron chi connectivity index (χ1n) is 15.2. The van der Waals surface area contributed by atoms with E-state index in [-0.39, 0.29) is 80.6 Å². The van der Waals surface area contributed by atoms with Crippen LogP contribution in [0, 0.1) is 11.7 Å². The van der Waals surface area contributed by atoms with Crippen molar-refractivity contribution in [2.24, 2.45) is 5.92 Å². The minimum atomic E-state index is -3.77. The van der Waals surface area contributed by atoms with Gasteiger partial charge in [0.2, 0.25) is 27.7 Å². The number of anilines is 1. The van der Waals surface area contributed by atoms with E-state index in [4.69, 9.17) is 4.74 Å². The first kappa shape index (κ1) is 32.4. The van der Waals surface area contributed by atoms with Gasteiger partial charge in [0.15, 0.2) is 5.78 Å². The molecule has 0 bridgehead atoms. The summed E-state index contributed by atoms with van der Waals surface area (Å²) in [4.78, 5) is 76.0. The summed E-state index contributed by atoms with van der Waals surface area (Å²) in [6, 6.07) is 6.63. The van der Waals surface area contributed by atoms with Gasteiger partial charge in [0.25, 0.3) is 5.91 Å². The largest absolute Gasteiger partial charge is 0.485 e. The van der Waals surface area contributed by atoms with Crippen LogP contribution in [-0.2, 0) is 46.3 Å². The maximum atomic E-state index is 14.7. The van der Waals surface area contributed by atoms with Gasteiger partial charge in [0, 0.05) is 50.0 Å². The maximum Gasteiger partial charge on any atom is 0.255 e. The Morgan fingerprint density at radius 3 is 2.51 bits per heavy atom. The number of sulfonamides is 1. The van der Waals surface area contributed by atoms with Crippen LogP contribution in [-0.4, -0.2) is 91.1 Å². The van der Waals surface area contributed by atoms with Gasteiger partial charge in [-0.1, -0.05) is 12.1 Å². The summed E-state index contributed by atoms with van der Waals surface area (Å²) in [6.45, 7) is -0.0614. The number of ketones is 2. The number of ether oxygens (including phenoxy) is 1. The zero-order valence-corrected chi connectivity index (χ0v) is 25.9. The Kier molecular flexibility index (Phi) is 8.91. The summed E-state index contributed by atoms with van der Waals surface area (Å²) in [6.07, 6.45) is 0.590. The zero-order chi connectivity index (χ0) is 33.5. The summed E-state index contributed by atoms with van der Waals surface area (Å²) >= 11 is 0. The molecule has 0 spiro atoms. The molecule has 3 fully saturated rings. The SMILES string of the molecule is O=C1CCN(S(=O)(=O)Cc2ccc(F)c(NC(=O)C3CNC3C(=O)COc3cccc4c3CN(C3CCC(=O)NC3=O)C4=O)c2)CC1. The average Bonchev–Trinajstić information content (AvgIpc) is 3.33. The molecule has 2 aromatic carbocycles. The Balaban J connectivity index is 1.06. The lowest BCUT2D eigenvalue weighted by Crippen LogP contribution is -2.62. The first-order chi connectivity index (χ1) is 22.4. The molecule has 16 heteroatoms. The van der Waals surface area contributed by atoms with Gasteiger partial charge in [-0.15, -0.1) is 0 Å². The Morgan fingerprint density at radius 1 is 1.04 bits per heavy atom. The topological polar surface area (TPSA) is 188 Å². The number of carbonyl (C=O) groups excluding carboxylic acids is 6. The number of Topliss-reactive ketones (excluding diaryl/α,β-unsaturated/α-hetero) is 2. The Morgan fingerprint density at radius 2 is 1.81 bits per heavy atom. The van der Waals surface area contributed by atoms with Gasteiger partial charge in [-0.25, -0.2) is 17.1 Å². The quantitative estimate of drug-likeness (QED) is 0.296. The fraction of sp³-hybridized carbons (Fsp3) is 0.419. The molecule has 3 saturated heterocycles. The molecule has 248 valence electrons. The van der Waals surface area contributed by atoms with Crippen molar-refractivity contribution in [1.82, 2.24) is 19.8 Å². The van der Waals surface area contributed by atoms with E-state index in [9.17, 15) is 41.6 Å². The summed E-state index contributed by atoms with van der Waals surface area (Å²) in [5, 5.41) is 7.60. The van der Waals surface area contributed by atoms with Crippen molar-refractivity contribution < 1.29 is 46.3 Å². The molecule has 47 heavy (non-hydrogen) atoms. The van der Waals surface area contributed by atoms with Crippen molar-refractivity contribution in [2.75, 3.05) is 31.6 Å². The number of imide groups is 1. The van der Waals surface area contributed by atoms with Crippen LogP contribution in [0.5, 0.6) is 5.75 Å². The van der Waals surface area contributed by atoms with E-state index < -0.39 is 69.7 Å². The van der Waals surface area contributed by atoms with E-state index in [1.165, 1.54) is 21.3 Å². The first-order valence-corrected chi connectivity index (χ1v) is 16.8. The minimum Gasteiger partial charge on any atom is -0.485 e. The number of halogens is 1. The molecule has 3 N–H and O–H groups in total. The van der Waals surface area contributed by atoms with Crippen molar-refractivity contribution in [3.8, 4) is 5.75 Å². The second kappa shape index (κ2) is 12.9. The summed E-state index contributed by atoms with van der Waals surface area (Å²) in [7, 11) is -3.77. The van der Waals surface area contributed by atoms with E-state index in [2.05, 4.69) is 16.0 Å². The van der Waals surface area contributed by atoms with Crippen molar-refractivity contribution in [3.05, 3.63) is 58.9 Å². The molecule has 4 amide bonds. The van der Waals surface area contributed by atoms with Gasteiger partial charge in [0.05, 0.1) is 29.9 Å². The lowest BCUT2D eigenvalue weighted by Gasteiger charge is -2.35. The summed E-state index contributed by atoms with van der Waals surface area (Å²) < 4.78 is 47.4. The number of nitrogens with one attached hydrogen (secondary N) is 3. The van der Waals surface area contributed by atoms with Crippen molar-refractivity contribution in [2.45, 2.75) is 50.1 Å². The molecular formula is C31H32FN5O9S. The number of hydrogen-bond acceptors (Lipinski definition) is 10. The predicted octanol–water partition coefficient (Wildman–Crippen LogP) is 0.256. The fourth-order valence-electron chi connectivity index (χ4n) is 6.17. The molecular weight excluding hydrogens is 637 g/mol. The molecule has 0 saturated carbocycles. The number of rotatable bonds is 10. The van der Waals surface area contributed by atoms with Crippen LogP contribution in [0.3, 0.4) is 0 Å². The lowest BCUT2D eigenvalue weighted by molar-refractivity contribution is -0.137. The molecule has 4 heterocycles. The van der Waals surface area contributed by atoms with Crippen LogP contribution in [0.4, 0.5) is 10.1 Å². The van der Waals surface area contributed by atoms with E-state index in [1.807, 2.05) is 0 Å². The van der Waals surface area contributed by atoms with Crippen molar-refractivity contribution >= 4 is 50.9 Å². The third kappa shape index (κ3) is 6.66. The molecule has 4 aliphatic rings. The summed E-state index contributed by atoms with van der Waals surface area (Å²) in [5.41, 5.74) is 0.839. The van der Waals surface area contributed by atoms with Gasteiger partial charge >= 0.3 is 0 Å². The normalized spacial score (nSPS) is 23.2. The van der Waals surface area contributed by atoms with Gasteiger partial charge in [-0.2, -0.15) is 0 Å². The van der Waals surface area contributed by atoms with Gasteiger partial charge in [0.1, 0.15) is 30.0 Å². The Labute approximate surface area is 269 Å². The Hall–Kier alpha value is -4.54. The predicted molar refractivity (Wildman–Crippen MR) is 162 cm³/mol. The zero-order valence-electron chi connectivity index (χ0n) is 25.1. The average molecular weight is 670 g/mol. The molecule has 14 nitrogen and oxygen atoms in total. The van der Waals surface area contributed by atoms with E-state index in [0.717, 1.165) is 6.07 Å². The van der Waals surface area contributed by atoms with Gasteiger partial charge in [-0.3, -0.25) is 34.1 Å². The van der Waals surface area contributed by atoms with Gasteiger partial charge < -0.3 is 20.3 Å². The number of benzene rings is 2. The second-order valence-electron chi connectivity index (χ2n) is 11.9. The standard InChI is InChI=1S/C31H32FN5O9S/c32-22-5-4-17(16-47(44,45)36-10-8-18(38)9-11-36)12-23(22)34-29(41)20-13-33-28(20)25(39)15-46-26-3-1-2-19-21(26)14-37(31(19)43)24-6-7-27(40)35-30(24)42/h1-5,12,20,24,28,33H,6-11,13-16H2,(H,34,41)(H,35,40,42). The van der Waals surface area contributed by atoms with Crippen molar-refractivity contribution in [1.29, 1.82) is 0 Å². The number of amides is 4. The van der Waals surface area contributed by atoms with Crippen molar-refractivity contribution in [3.63, 3.8) is 0 Å². The summed E-state index contributed by atoms with van der Waals surface area (Å²) in [5.74, 6) is -4.23. The third-order valence-electron chi connectivity index (χ3n) is 8.86. The highest BCUT2D eigenvalue weighted by molar-refractivity contribution is 7.88. The fourth-order valence-corrected chi connectivity index (χ4v) is 7.69. The van der Waals surface area contributed by atoms with E-state index in [0.29, 0.717) is 11.1 Å². The van der Waals surface area contributed by atoms with Crippen LogP contribution >= 0.6 is 0 Å². The number of carbonyl (C=O) groups is 6. The van der Waals surface area contributed by atoms with Crippen LogP contribution in [0.15, 0.2) is 36.4 Å². The van der Waals surface area contributed by atoms with E-state index in [1.54, 1.807) is 18.2 Å². The molecule has 3 unspecified atom stereocenters.